The highest BCUT2D eigenvalue weighted by molar-refractivity contribution is 5.76. The van der Waals surface area contributed by atoms with Crippen molar-refractivity contribution in [2.45, 2.75) is 45.1 Å². The van der Waals surface area contributed by atoms with Gasteiger partial charge < -0.3 is 20.1 Å². The fraction of sp³-hybridized carbons (Fsp3) is 0.611. The number of amides is 1. The zero-order valence-electron chi connectivity index (χ0n) is 14.0. The zero-order valence-corrected chi connectivity index (χ0v) is 14.0. The minimum Gasteiger partial charge on any atom is -0.494 e. The largest absolute Gasteiger partial charge is 0.494 e. The maximum Gasteiger partial charge on any atom is 0.222 e. The van der Waals surface area contributed by atoms with Gasteiger partial charge in [0.1, 0.15) is 11.5 Å². The summed E-state index contributed by atoms with van der Waals surface area (Å²) in [5.41, 5.74) is 5.77. The number of ether oxygens (including phenoxy) is 2. The van der Waals surface area contributed by atoms with E-state index in [-0.39, 0.29) is 11.9 Å². The fourth-order valence-corrected chi connectivity index (χ4v) is 2.93. The van der Waals surface area contributed by atoms with Crippen molar-refractivity contribution in [1.82, 2.24) is 4.90 Å². The molecule has 2 N–H and O–H groups in total. The van der Waals surface area contributed by atoms with E-state index in [1.54, 1.807) is 0 Å². The van der Waals surface area contributed by atoms with Crippen LogP contribution in [-0.2, 0) is 4.79 Å². The van der Waals surface area contributed by atoms with Gasteiger partial charge in [0.15, 0.2) is 0 Å². The molecule has 1 amide bonds. The van der Waals surface area contributed by atoms with E-state index >= 15 is 0 Å². The molecule has 1 aliphatic rings. The van der Waals surface area contributed by atoms with E-state index in [1.807, 2.05) is 36.1 Å². The second kappa shape index (κ2) is 9.40. The van der Waals surface area contributed by atoms with Crippen LogP contribution in [0.25, 0.3) is 0 Å². The molecule has 0 bridgehead atoms. The maximum absolute atomic E-state index is 12.3. The average molecular weight is 320 g/mol. The second-order valence-electron chi connectivity index (χ2n) is 5.83. The third-order valence-electron chi connectivity index (χ3n) is 4.16. The molecule has 128 valence electrons. The smallest absolute Gasteiger partial charge is 0.222 e. The zero-order chi connectivity index (χ0) is 16.5. The Morgan fingerprint density at radius 2 is 1.91 bits per heavy atom. The van der Waals surface area contributed by atoms with Crippen LogP contribution in [0.5, 0.6) is 11.5 Å². The molecule has 23 heavy (non-hydrogen) atoms. The highest BCUT2D eigenvalue weighted by atomic mass is 16.5. The third kappa shape index (κ3) is 5.43. The van der Waals surface area contributed by atoms with Crippen molar-refractivity contribution >= 4 is 5.91 Å². The van der Waals surface area contributed by atoms with Gasteiger partial charge in [-0.1, -0.05) is 0 Å². The number of hydrogen-bond acceptors (Lipinski definition) is 4. The molecule has 0 spiro atoms. The first-order valence-electron chi connectivity index (χ1n) is 8.59. The van der Waals surface area contributed by atoms with Gasteiger partial charge in [-0.25, -0.2) is 0 Å². The summed E-state index contributed by atoms with van der Waals surface area (Å²) in [5, 5.41) is 0. The van der Waals surface area contributed by atoms with Crippen molar-refractivity contribution in [1.29, 1.82) is 0 Å². The molecule has 0 aliphatic carbocycles. The predicted molar refractivity (Wildman–Crippen MR) is 90.7 cm³/mol. The predicted octanol–water partition coefficient (Wildman–Crippen LogP) is 2.58. The molecule has 1 atom stereocenters. The first-order valence-corrected chi connectivity index (χ1v) is 8.59. The number of piperidine rings is 1. The van der Waals surface area contributed by atoms with E-state index in [0.717, 1.165) is 37.3 Å². The second-order valence-corrected chi connectivity index (χ2v) is 5.83. The van der Waals surface area contributed by atoms with Crippen molar-refractivity contribution in [2.24, 2.45) is 5.73 Å². The van der Waals surface area contributed by atoms with Gasteiger partial charge in [-0.3, -0.25) is 4.79 Å². The number of likely N-dealkylation sites (tertiary alicyclic amines) is 1. The van der Waals surface area contributed by atoms with Crippen LogP contribution in [0.4, 0.5) is 0 Å². The Bertz CT molecular complexity index is 476. The van der Waals surface area contributed by atoms with Gasteiger partial charge >= 0.3 is 0 Å². The molecule has 1 aliphatic heterocycles. The van der Waals surface area contributed by atoms with Crippen LogP contribution >= 0.6 is 0 Å². The summed E-state index contributed by atoms with van der Waals surface area (Å²) in [4.78, 5) is 14.3. The first-order chi connectivity index (χ1) is 11.2. The highest BCUT2D eigenvalue weighted by Gasteiger charge is 2.24. The van der Waals surface area contributed by atoms with E-state index in [1.165, 1.54) is 6.42 Å². The van der Waals surface area contributed by atoms with E-state index in [2.05, 4.69) is 0 Å². The molecular formula is C18H28N2O3. The Morgan fingerprint density at radius 3 is 2.57 bits per heavy atom. The molecule has 1 heterocycles. The maximum atomic E-state index is 12.3. The molecule has 5 nitrogen and oxygen atoms in total. The van der Waals surface area contributed by atoms with Crippen LogP contribution in [0, 0.1) is 0 Å². The summed E-state index contributed by atoms with van der Waals surface area (Å²) < 4.78 is 11.1. The van der Waals surface area contributed by atoms with Gasteiger partial charge in [0.25, 0.3) is 0 Å². The SMILES string of the molecule is CCOc1ccc(OCCCC(=O)N2CCCCC2CN)cc1. The number of benzene rings is 1. The van der Waals surface area contributed by atoms with Crippen LogP contribution in [-0.4, -0.2) is 43.2 Å². The number of nitrogens with two attached hydrogens (primary N) is 1. The average Bonchev–Trinajstić information content (AvgIpc) is 2.60. The molecular weight excluding hydrogens is 292 g/mol. The minimum absolute atomic E-state index is 0.204. The molecule has 0 radical (unpaired) electrons. The molecule has 1 fully saturated rings. The van der Waals surface area contributed by atoms with Gasteiger partial charge in [-0.2, -0.15) is 0 Å². The number of carbonyl (C=O) groups is 1. The van der Waals surface area contributed by atoms with Gasteiger partial charge in [0.05, 0.1) is 13.2 Å². The lowest BCUT2D eigenvalue weighted by Gasteiger charge is -2.35. The van der Waals surface area contributed by atoms with Crippen LogP contribution in [0.15, 0.2) is 24.3 Å². The van der Waals surface area contributed by atoms with E-state index in [4.69, 9.17) is 15.2 Å². The van der Waals surface area contributed by atoms with Crippen molar-refractivity contribution < 1.29 is 14.3 Å². The summed E-state index contributed by atoms with van der Waals surface area (Å²) in [5.74, 6) is 1.85. The van der Waals surface area contributed by atoms with Crippen LogP contribution in [0.1, 0.15) is 39.0 Å². The number of rotatable bonds is 8. The van der Waals surface area contributed by atoms with Gasteiger partial charge in [-0.15, -0.1) is 0 Å². The van der Waals surface area contributed by atoms with Crippen molar-refractivity contribution in [3.05, 3.63) is 24.3 Å². The third-order valence-corrected chi connectivity index (χ3v) is 4.16. The number of nitrogens with zero attached hydrogens (tertiary/aromatic N) is 1. The van der Waals surface area contributed by atoms with Crippen molar-refractivity contribution in [3.8, 4) is 11.5 Å². The molecule has 1 aromatic carbocycles. The lowest BCUT2D eigenvalue weighted by molar-refractivity contribution is -0.134. The Kier molecular flexibility index (Phi) is 7.20. The molecule has 5 heteroatoms. The minimum atomic E-state index is 0.204. The monoisotopic (exact) mass is 320 g/mol. The summed E-state index contributed by atoms with van der Waals surface area (Å²) in [6.07, 6.45) is 4.54. The quantitative estimate of drug-likeness (QED) is 0.748. The van der Waals surface area contributed by atoms with Gasteiger partial charge in [-0.05, 0) is 56.9 Å². The van der Waals surface area contributed by atoms with Gasteiger partial charge in [0, 0.05) is 25.6 Å². The van der Waals surface area contributed by atoms with E-state index in [9.17, 15) is 4.79 Å². The Hall–Kier alpha value is -1.75. The topological polar surface area (TPSA) is 64.8 Å². The Morgan fingerprint density at radius 1 is 1.22 bits per heavy atom. The first kappa shape index (κ1) is 17.6. The van der Waals surface area contributed by atoms with E-state index in [0.29, 0.717) is 26.2 Å². The summed E-state index contributed by atoms with van der Waals surface area (Å²) in [6.45, 7) is 4.57. The summed E-state index contributed by atoms with van der Waals surface area (Å²) in [7, 11) is 0. The molecule has 1 unspecified atom stereocenters. The van der Waals surface area contributed by atoms with Crippen molar-refractivity contribution in [2.75, 3.05) is 26.3 Å². The fourth-order valence-electron chi connectivity index (χ4n) is 2.93. The van der Waals surface area contributed by atoms with Crippen LogP contribution in [0.2, 0.25) is 0 Å². The Labute approximate surface area is 138 Å². The van der Waals surface area contributed by atoms with Gasteiger partial charge in [0.2, 0.25) is 5.91 Å². The van der Waals surface area contributed by atoms with E-state index < -0.39 is 0 Å². The molecule has 1 saturated heterocycles. The summed E-state index contributed by atoms with van der Waals surface area (Å²) in [6, 6.07) is 7.79. The summed E-state index contributed by atoms with van der Waals surface area (Å²) >= 11 is 0. The van der Waals surface area contributed by atoms with Crippen LogP contribution < -0.4 is 15.2 Å². The molecule has 0 aromatic heterocycles. The number of hydrogen-bond donors (Lipinski definition) is 1. The molecule has 2 rings (SSSR count). The van der Waals surface area contributed by atoms with Crippen molar-refractivity contribution in [3.63, 3.8) is 0 Å². The molecule has 0 saturated carbocycles. The standard InChI is InChI=1S/C18H28N2O3/c1-2-22-16-8-10-17(11-9-16)23-13-5-7-18(21)20-12-4-3-6-15(20)14-19/h8-11,15H,2-7,12-14,19H2,1H3. The normalized spacial score (nSPS) is 17.8. The lowest BCUT2D eigenvalue weighted by atomic mass is 10.0. The highest BCUT2D eigenvalue weighted by Crippen LogP contribution is 2.19. The number of carbonyl (C=O) groups excluding carboxylic acids is 1. The lowest BCUT2D eigenvalue weighted by Crippen LogP contribution is -2.47. The Balaban J connectivity index is 1.69. The molecule has 1 aromatic rings. The van der Waals surface area contributed by atoms with Crippen LogP contribution in [0.3, 0.4) is 0 Å².